The van der Waals surface area contributed by atoms with E-state index in [1.54, 1.807) is 43.5 Å². The van der Waals surface area contributed by atoms with Gasteiger partial charge in [0.1, 0.15) is 30.7 Å². The zero-order valence-corrected chi connectivity index (χ0v) is 24.9. The third kappa shape index (κ3) is 9.24. The maximum atomic E-state index is 13.8. The topological polar surface area (TPSA) is 105 Å². The highest BCUT2D eigenvalue weighted by atomic mass is 32.2. The summed E-state index contributed by atoms with van der Waals surface area (Å²) >= 11 is 0. The average Bonchev–Trinajstić information content (AvgIpc) is 2.98. The number of amides is 2. The number of methoxy groups -OCH3 is 1. The van der Waals surface area contributed by atoms with Gasteiger partial charge in [-0.1, -0.05) is 56.3 Å². The van der Waals surface area contributed by atoms with Gasteiger partial charge in [0.05, 0.1) is 19.1 Å². The van der Waals surface area contributed by atoms with Crippen LogP contribution in [0, 0.1) is 0 Å². The smallest absolute Gasteiger partial charge is 0.244 e. The first-order valence-corrected chi connectivity index (χ1v) is 15.5. The van der Waals surface area contributed by atoms with Gasteiger partial charge in [-0.15, -0.1) is 0 Å². The van der Waals surface area contributed by atoms with E-state index < -0.39 is 28.5 Å². The van der Waals surface area contributed by atoms with Crippen LogP contribution in [0.3, 0.4) is 0 Å². The second-order valence-corrected chi connectivity index (χ2v) is 11.5. The van der Waals surface area contributed by atoms with Gasteiger partial charge in [0.2, 0.25) is 21.8 Å². The number of ether oxygens (including phenoxy) is 2. The van der Waals surface area contributed by atoms with Crippen LogP contribution in [0.15, 0.2) is 78.9 Å². The molecule has 0 aliphatic heterocycles. The Morgan fingerprint density at radius 1 is 0.878 bits per heavy atom. The highest BCUT2D eigenvalue weighted by molar-refractivity contribution is 7.92. The highest BCUT2D eigenvalue weighted by Gasteiger charge is 2.31. The molecule has 1 atom stereocenters. The molecule has 9 nitrogen and oxygen atoms in total. The predicted octanol–water partition coefficient (Wildman–Crippen LogP) is 4.37. The summed E-state index contributed by atoms with van der Waals surface area (Å²) in [5.41, 5.74) is 2.11. The van der Waals surface area contributed by atoms with Gasteiger partial charge >= 0.3 is 0 Å². The minimum Gasteiger partial charge on any atom is -0.497 e. The molecule has 0 saturated carbocycles. The Balaban J connectivity index is 1.84. The van der Waals surface area contributed by atoms with Crippen molar-refractivity contribution >= 4 is 27.5 Å². The second kappa shape index (κ2) is 15.1. The summed E-state index contributed by atoms with van der Waals surface area (Å²) in [6, 6.07) is 22.7. The summed E-state index contributed by atoms with van der Waals surface area (Å²) in [6.45, 7) is 4.29. The van der Waals surface area contributed by atoms with E-state index in [0.29, 0.717) is 36.8 Å². The number of nitrogens with zero attached hydrogens (tertiary/aromatic N) is 2. The van der Waals surface area contributed by atoms with Crippen LogP contribution in [-0.2, 0) is 32.8 Å². The maximum Gasteiger partial charge on any atom is 0.244 e. The quantitative estimate of drug-likeness (QED) is 0.286. The van der Waals surface area contributed by atoms with Crippen LogP contribution < -0.4 is 19.1 Å². The third-order valence-corrected chi connectivity index (χ3v) is 7.64. The summed E-state index contributed by atoms with van der Waals surface area (Å²) in [4.78, 5) is 28.3. The lowest BCUT2D eigenvalue weighted by Gasteiger charge is -2.33. The van der Waals surface area contributed by atoms with Gasteiger partial charge in [-0.3, -0.25) is 13.9 Å². The molecular formula is C31H39N3O6S. The van der Waals surface area contributed by atoms with Gasteiger partial charge in [0.25, 0.3) is 0 Å². The van der Waals surface area contributed by atoms with E-state index in [1.807, 2.05) is 56.3 Å². The van der Waals surface area contributed by atoms with Gasteiger partial charge in [0, 0.05) is 13.1 Å². The molecule has 0 heterocycles. The van der Waals surface area contributed by atoms with E-state index in [4.69, 9.17) is 9.47 Å². The zero-order chi connectivity index (χ0) is 29.8. The number of nitrogens with one attached hydrogen (secondary N) is 1. The van der Waals surface area contributed by atoms with E-state index in [1.165, 1.54) is 4.90 Å². The number of hydrogen-bond donors (Lipinski definition) is 1. The average molecular weight is 582 g/mol. The van der Waals surface area contributed by atoms with E-state index in [0.717, 1.165) is 28.1 Å². The van der Waals surface area contributed by atoms with Crippen molar-refractivity contribution in [1.29, 1.82) is 0 Å². The van der Waals surface area contributed by atoms with Gasteiger partial charge in [-0.2, -0.15) is 0 Å². The molecule has 0 bridgehead atoms. The zero-order valence-electron chi connectivity index (χ0n) is 24.1. The van der Waals surface area contributed by atoms with Crippen molar-refractivity contribution < 1.29 is 27.5 Å². The number of rotatable bonds is 15. The second-order valence-electron chi connectivity index (χ2n) is 9.62. The minimum atomic E-state index is -3.84. The van der Waals surface area contributed by atoms with Gasteiger partial charge in [-0.25, -0.2) is 8.42 Å². The lowest BCUT2D eigenvalue weighted by Crippen LogP contribution is -2.52. The number of sulfonamides is 1. The highest BCUT2D eigenvalue weighted by Crippen LogP contribution is 2.24. The molecule has 3 rings (SSSR count). The van der Waals surface area contributed by atoms with Crippen LogP contribution in [0.4, 0.5) is 5.69 Å². The third-order valence-electron chi connectivity index (χ3n) is 6.50. The predicted molar refractivity (Wildman–Crippen MR) is 160 cm³/mol. The molecule has 0 radical (unpaired) electrons. The van der Waals surface area contributed by atoms with Crippen LogP contribution in [0.25, 0.3) is 0 Å². The largest absolute Gasteiger partial charge is 0.497 e. The maximum absolute atomic E-state index is 13.8. The summed E-state index contributed by atoms with van der Waals surface area (Å²) in [7, 11) is -2.27. The van der Waals surface area contributed by atoms with E-state index in [2.05, 4.69) is 5.32 Å². The fourth-order valence-corrected chi connectivity index (χ4v) is 5.13. The molecule has 0 spiro atoms. The van der Waals surface area contributed by atoms with E-state index in [-0.39, 0.29) is 12.5 Å². The van der Waals surface area contributed by atoms with Crippen LogP contribution in [0.5, 0.6) is 11.5 Å². The number of hydrogen-bond acceptors (Lipinski definition) is 6. The van der Waals surface area contributed by atoms with Gasteiger partial charge in [-0.05, 0) is 60.4 Å². The monoisotopic (exact) mass is 581 g/mol. The van der Waals surface area contributed by atoms with Crippen molar-refractivity contribution in [1.82, 2.24) is 10.2 Å². The molecule has 3 aromatic rings. The molecule has 0 fully saturated rings. The van der Waals surface area contributed by atoms with Crippen molar-refractivity contribution in [2.75, 3.05) is 30.8 Å². The Bertz CT molecular complexity index is 1360. The summed E-state index contributed by atoms with van der Waals surface area (Å²) in [5, 5.41) is 2.87. The lowest BCUT2D eigenvalue weighted by atomic mass is 10.1. The molecule has 3 aromatic carbocycles. The fourth-order valence-electron chi connectivity index (χ4n) is 4.28. The molecule has 10 heteroatoms. The SMILES string of the molecule is CCCNC(=O)C(CC)N(Cc1ccc(OC)cc1)C(=O)CN(c1ccc(OCc2ccccc2)cc1)S(C)(=O)=O. The van der Waals surface area contributed by atoms with Crippen LogP contribution in [-0.4, -0.2) is 57.6 Å². The number of carbonyl (C=O) groups is 2. The first-order chi connectivity index (χ1) is 19.7. The van der Waals surface area contributed by atoms with Gasteiger partial charge in [0.15, 0.2) is 0 Å². The van der Waals surface area contributed by atoms with Crippen LogP contribution in [0.2, 0.25) is 0 Å². The Kier molecular flexibility index (Phi) is 11.6. The van der Waals surface area contributed by atoms with Crippen LogP contribution >= 0.6 is 0 Å². The minimum absolute atomic E-state index is 0.130. The molecule has 1 unspecified atom stereocenters. The normalized spacial score (nSPS) is 11.8. The molecule has 220 valence electrons. The van der Waals surface area contributed by atoms with Crippen molar-refractivity contribution in [2.24, 2.45) is 0 Å². The Hall–Kier alpha value is -4.05. The molecule has 0 aliphatic carbocycles. The Morgan fingerprint density at radius 3 is 2.07 bits per heavy atom. The summed E-state index contributed by atoms with van der Waals surface area (Å²) < 4.78 is 37.8. The summed E-state index contributed by atoms with van der Waals surface area (Å²) in [6.07, 6.45) is 2.17. The molecule has 0 aromatic heterocycles. The van der Waals surface area contributed by atoms with E-state index >= 15 is 0 Å². The van der Waals surface area contributed by atoms with Crippen molar-refractivity contribution in [2.45, 2.75) is 45.9 Å². The first-order valence-electron chi connectivity index (χ1n) is 13.6. The van der Waals surface area contributed by atoms with Crippen LogP contribution in [0.1, 0.15) is 37.8 Å². The molecule has 0 aliphatic rings. The molecule has 41 heavy (non-hydrogen) atoms. The van der Waals surface area contributed by atoms with Gasteiger partial charge < -0.3 is 19.7 Å². The number of anilines is 1. The molecule has 2 amide bonds. The number of benzene rings is 3. The van der Waals surface area contributed by atoms with Crippen molar-refractivity contribution in [3.05, 3.63) is 90.0 Å². The Morgan fingerprint density at radius 2 is 1.51 bits per heavy atom. The first kappa shape index (κ1) is 31.5. The molecule has 1 N–H and O–H groups in total. The van der Waals surface area contributed by atoms with E-state index in [9.17, 15) is 18.0 Å². The standard InChI is InChI=1S/C31H39N3O6S/c1-5-20-32-31(36)29(6-2)33(21-24-12-16-27(39-3)17-13-24)30(35)22-34(41(4,37)38)26-14-18-28(19-15-26)40-23-25-10-8-7-9-11-25/h7-19,29H,5-6,20-23H2,1-4H3,(H,32,36). The molecule has 0 saturated heterocycles. The van der Waals surface area contributed by atoms with Crippen molar-refractivity contribution in [3.63, 3.8) is 0 Å². The van der Waals surface area contributed by atoms with Crippen molar-refractivity contribution in [3.8, 4) is 11.5 Å². The molecular weight excluding hydrogens is 542 g/mol. The lowest BCUT2D eigenvalue weighted by molar-refractivity contribution is -0.140. The fraction of sp³-hybridized carbons (Fsp3) is 0.355. The number of carbonyl (C=O) groups excluding carboxylic acids is 2. The Labute approximate surface area is 243 Å². The summed E-state index contributed by atoms with van der Waals surface area (Å²) in [5.74, 6) is 0.465.